The van der Waals surface area contributed by atoms with Crippen molar-refractivity contribution in [3.8, 4) is 11.1 Å². The summed E-state index contributed by atoms with van der Waals surface area (Å²) in [4.78, 5) is 0. The van der Waals surface area contributed by atoms with Crippen LogP contribution >= 0.6 is 0 Å². The maximum absolute atomic E-state index is 9.75. The summed E-state index contributed by atoms with van der Waals surface area (Å²) in [6, 6.07) is 39.1. The Morgan fingerprint density at radius 1 is 0.433 bits per heavy atom. The van der Waals surface area contributed by atoms with Crippen LogP contribution in [0.5, 0.6) is 0 Å². The van der Waals surface area contributed by atoms with Gasteiger partial charge in [0.2, 0.25) is 0 Å². The molecule has 150 valence electrons. The topological polar surface area (TPSA) is 0 Å². The zero-order valence-electron chi connectivity index (χ0n) is 15.9. The number of hydrogen-bond acceptors (Lipinski definition) is 0. The normalized spacial score (nSPS) is 13.6. The second-order valence-electron chi connectivity index (χ2n) is 6.87. The predicted octanol–water partition coefficient (Wildman–Crippen LogP) is 8.27. The van der Waals surface area contributed by atoms with Crippen LogP contribution in [0.2, 0.25) is 0 Å². The number of hydrogen-bond donors (Lipinski definition) is 0. The molecule has 5 rings (SSSR count). The fourth-order valence-corrected chi connectivity index (χ4v) is 4.13. The summed E-state index contributed by atoms with van der Waals surface area (Å²) in [5, 5.41) is 0. The van der Waals surface area contributed by atoms with Crippen LogP contribution in [-0.4, -0.2) is 7.25 Å². The lowest BCUT2D eigenvalue weighted by Crippen LogP contribution is -2.30. The minimum atomic E-state index is -6.00. The molecule has 0 atom stereocenters. The number of quaternary nitrogens is 1. The molecule has 0 aromatic heterocycles. The summed E-state index contributed by atoms with van der Waals surface area (Å²) in [5.74, 6) is 0. The van der Waals surface area contributed by atoms with Gasteiger partial charge in [-0.3, -0.25) is 0 Å². The summed E-state index contributed by atoms with van der Waals surface area (Å²) in [7, 11) is -6.00. The SMILES string of the molecule is F[B-](F)(F)F.c1ccc([N+]2(c3ccccc3)c3ccccc3-c3ccccc32)cc1. The van der Waals surface area contributed by atoms with Crippen molar-refractivity contribution < 1.29 is 17.3 Å². The largest absolute Gasteiger partial charge is 0.673 e. The Bertz CT molecular complexity index is 1050. The molecule has 0 aliphatic carbocycles. The highest BCUT2D eigenvalue weighted by atomic mass is 19.5. The van der Waals surface area contributed by atoms with Gasteiger partial charge in [-0.1, -0.05) is 60.7 Å². The summed E-state index contributed by atoms with van der Waals surface area (Å²) >= 11 is 0. The molecule has 0 amide bonds. The summed E-state index contributed by atoms with van der Waals surface area (Å²) in [6.07, 6.45) is 0. The van der Waals surface area contributed by atoms with Crippen LogP contribution in [-0.2, 0) is 0 Å². The van der Waals surface area contributed by atoms with E-state index in [-0.39, 0.29) is 0 Å². The van der Waals surface area contributed by atoms with Crippen molar-refractivity contribution in [1.82, 2.24) is 4.48 Å². The van der Waals surface area contributed by atoms with Gasteiger partial charge in [-0.15, -0.1) is 0 Å². The van der Waals surface area contributed by atoms with Gasteiger partial charge in [-0.05, 0) is 12.1 Å². The Kier molecular flexibility index (Phi) is 5.18. The molecular weight excluding hydrogens is 389 g/mol. The van der Waals surface area contributed by atoms with Crippen LogP contribution in [0.3, 0.4) is 0 Å². The first-order valence-electron chi connectivity index (χ1n) is 9.49. The maximum Gasteiger partial charge on any atom is 0.673 e. The van der Waals surface area contributed by atoms with Crippen molar-refractivity contribution in [2.45, 2.75) is 0 Å². The van der Waals surface area contributed by atoms with Gasteiger partial charge in [0.05, 0.1) is 11.1 Å². The molecular formula is C24H18BF4N. The van der Waals surface area contributed by atoms with Gasteiger partial charge in [-0.2, -0.15) is 4.48 Å². The van der Waals surface area contributed by atoms with E-state index in [9.17, 15) is 17.3 Å². The highest BCUT2D eigenvalue weighted by molar-refractivity contribution is 6.50. The Labute approximate surface area is 172 Å². The molecule has 0 N–H and O–H groups in total. The Morgan fingerprint density at radius 2 is 0.733 bits per heavy atom. The van der Waals surface area contributed by atoms with Crippen LogP contribution in [0, 0.1) is 0 Å². The summed E-state index contributed by atoms with van der Waals surface area (Å²) in [6.45, 7) is 0. The highest BCUT2D eigenvalue weighted by Crippen LogP contribution is 2.61. The Hall–Kier alpha value is -3.38. The van der Waals surface area contributed by atoms with Gasteiger partial charge < -0.3 is 17.3 Å². The standard InChI is InChI=1S/C24H18N.BF4/c1-3-11-19(12-4-1)25(20-13-5-2-6-14-20)23-17-9-7-15-21(23)22-16-8-10-18-24(22)25;2-1(3,4)5/h1-18H;/q+1;-1. The van der Waals surface area contributed by atoms with E-state index in [0.717, 1.165) is 0 Å². The zero-order valence-corrected chi connectivity index (χ0v) is 15.9. The smallest absolute Gasteiger partial charge is 0.418 e. The molecule has 30 heavy (non-hydrogen) atoms. The lowest BCUT2D eigenvalue weighted by atomic mass is 10.1. The Morgan fingerprint density at radius 3 is 1.10 bits per heavy atom. The molecule has 6 heteroatoms. The number of halogens is 4. The third-order valence-electron chi connectivity index (χ3n) is 5.11. The van der Waals surface area contributed by atoms with Gasteiger partial charge in [0.15, 0.2) is 11.4 Å². The van der Waals surface area contributed by atoms with Crippen molar-refractivity contribution in [1.29, 1.82) is 0 Å². The quantitative estimate of drug-likeness (QED) is 0.157. The van der Waals surface area contributed by atoms with Gasteiger partial charge in [0, 0.05) is 36.4 Å². The van der Waals surface area contributed by atoms with Crippen LogP contribution in [0.25, 0.3) is 11.1 Å². The van der Waals surface area contributed by atoms with Crippen molar-refractivity contribution >= 4 is 30.0 Å². The van der Waals surface area contributed by atoms with E-state index in [1.807, 2.05) is 0 Å². The fourth-order valence-electron chi connectivity index (χ4n) is 4.13. The minimum absolute atomic E-state index is 0.633. The number of para-hydroxylation sites is 4. The van der Waals surface area contributed by atoms with E-state index in [2.05, 4.69) is 109 Å². The molecule has 0 radical (unpaired) electrons. The van der Waals surface area contributed by atoms with Crippen LogP contribution < -0.4 is 4.48 Å². The molecule has 4 aromatic rings. The first-order valence-corrected chi connectivity index (χ1v) is 9.49. The lowest BCUT2D eigenvalue weighted by Gasteiger charge is -2.34. The van der Waals surface area contributed by atoms with Gasteiger partial charge in [0.1, 0.15) is 11.4 Å². The van der Waals surface area contributed by atoms with E-state index in [1.165, 1.54) is 33.9 Å². The molecule has 0 bridgehead atoms. The number of nitrogens with zero attached hydrogens (tertiary/aromatic N) is 1. The van der Waals surface area contributed by atoms with Crippen molar-refractivity contribution in [2.24, 2.45) is 0 Å². The zero-order chi connectivity index (χ0) is 21.2. The number of fused-ring (bicyclic) bond motifs is 3. The molecule has 0 fully saturated rings. The maximum atomic E-state index is 9.75. The number of benzene rings is 4. The van der Waals surface area contributed by atoms with Gasteiger partial charge in [0.25, 0.3) is 0 Å². The van der Waals surface area contributed by atoms with E-state index in [1.54, 1.807) is 0 Å². The van der Waals surface area contributed by atoms with Crippen molar-refractivity contribution in [3.05, 3.63) is 109 Å². The molecule has 1 nitrogen and oxygen atoms in total. The van der Waals surface area contributed by atoms with E-state index in [0.29, 0.717) is 4.48 Å². The van der Waals surface area contributed by atoms with Crippen LogP contribution in [0.4, 0.5) is 40.0 Å². The third-order valence-corrected chi connectivity index (χ3v) is 5.11. The van der Waals surface area contributed by atoms with Crippen LogP contribution in [0.1, 0.15) is 0 Å². The molecule has 4 aromatic carbocycles. The number of rotatable bonds is 2. The average Bonchev–Trinajstić information content (AvgIpc) is 3.05. The average molecular weight is 407 g/mol. The molecule has 1 heterocycles. The van der Waals surface area contributed by atoms with E-state index < -0.39 is 7.25 Å². The molecule has 0 saturated carbocycles. The van der Waals surface area contributed by atoms with E-state index >= 15 is 0 Å². The molecule has 0 saturated heterocycles. The van der Waals surface area contributed by atoms with Crippen molar-refractivity contribution in [2.75, 3.05) is 0 Å². The van der Waals surface area contributed by atoms with Gasteiger partial charge in [-0.25, -0.2) is 0 Å². The minimum Gasteiger partial charge on any atom is -0.418 e. The van der Waals surface area contributed by atoms with Gasteiger partial charge >= 0.3 is 7.25 Å². The first kappa shape index (κ1) is 19.9. The lowest BCUT2D eigenvalue weighted by molar-refractivity contribution is 0.368. The molecule has 1 aliphatic rings. The molecule has 1 aliphatic heterocycles. The first-order chi connectivity index (χ1) is 14.4. The highest BCUT2D eigenvalue weighted by Gasteiger charge is 2.47. The third kappa shape index (κ3) is 3.50. The fraction of sp³-hybridized carbons (Fsp3) is 0. The Balaban J connectivity index is 0.000000393. The molecule has 0 spiro atoms. The summed E-state index contributed by atoms with van der Waals surface area (Å²) < 4.78 is 39.6. The second kappa shape index (κ2) is 7.80. The summed E-state index contributed by atoms with van der Waals surface area (Å²) in [5.41, 5.74) is 7.75. The van der Waals surface area contributed by atoms with E-state index in [4.69, 9.17) is 0 Å². The van der Waals surface area contributed by atoms with Crippen molar-refractivity contribution in [3.63, 3.8) is 0 Å². The monoisotopic (exact) mass is 407 g/mol. The molecule has 0 unspecified atom stereocenters. The second-order valence-corrected chi connectivity index (χ2v) is 6.87. The van der Waals surface area contributed by atoms with Crippen LogP contribution in [0.15, 0.2) is 109 Å². The predicted molar refractivity (Wildman–Crippen MR) is 116 cm³/mol.